The van der Waals surface area contributed by atoms with Crippen molar-refractivity contribution in [3.63, 3.8) is 0 Å². The van der Waals surface area contributed by atoms with Gasteiger partial charge in [-0.05, 0) is 35.2 Å². The minimum absolute atomic E-state index is 0.483. The van der Waals surface area contributed by atoms with Crippen LogP contribution in [0.1, 0.15) is 17.5 Å². The Bertz CT molecular complexity index is 631. The molecular formula is C17H17N3O. The Labute approximate surface area is 124 Å². The molecule has 0 atom stereocenters. The summed E-state index contributed by atoms with van der Waals surface area (Å²) in [6, 6.07) is 18.0. The van der Waals surface area contributed by atoms with E-state index in [1.54, 1.807) is 0 Å². The SMILES string of the molecule is [N-]=[N+]=NCCC=Cc1cccc(OCc2ccccc2)c1. The summed E-state index contributed by atoms with van der Waals surface area (Å²) in [5, 5.41) is 3.49. The Morgan fingerprint density at radius 2 is 1.95 bits per heavy atom. The summed E-state index contributed by atoms with van der Waals surface area (Å²) in [4.78, 5) is 2.72. The van der Waals surface area contributed by atoms with Crippen LogP contribution in [0.5, 0.6) is 5.75 Å². The zero-order valence-electron chi connectivity index (χ0n) is 11.7. The lowest BCUT2D eigenvalue weighted by molar-refractivity contribution is 0.306. The van der Waals surface area contributed by atoms with Crippen molar-refractivity contribution in [2.24, 2.45) is 5.11 Å². The van der Waals surface area contributed by atoms with Crippen molar-refractivity contribution in [1.82, 2.24) is 0 Å². The quantitative estimate of drug-likeness (QED) is 0.305. The highest BCUT2D eigenvalue weighted by Crippen LogP contribution is 2.16. The van der Waals surface area contributed by atoms with Crippen molar-refractivity contribution in [2.75, 3.05) is 6.54 Å². The molecule has 0 saturated carbocycles. The molecule has 0 unspecified atom stereocenters. The number of hydrogen-bond donors (Lipinski definition) is 0. The van der Waals surface area contributed by atoms with Crippen molar-refractivity contribution in [3.05, 3.63) is 82.2 Å². The van der Waals surface area contributed by atoms with E-state index in [1.807, 2.05) is 66.7 Å². The molecule has 0 heterocycles. The lowest BCUT2D eigenvalue weighted by Gasteiger charge is -2.06. The Balaban J connectivity index is 1.90. The maximum Gasteiger partial charge on any atom is 0.120 e. The predicted octanol–water partition coefficient (Wildman–Crippen LogP) is 4.98. The first-order valence-electron chi connectivity index (χ1n) is 6.82. The van der Waals surface area contributed by atoms with E-state index in [2.05, 4.69) is 10.0 Å². The molecule has 0 amide bonds. The van der Waals surface area contributed by atoms with Gasteiger partial charge in [-0.1, -0.05) is 59.7 Å². The highest BCUT2D eigenvalue weighted by molar-refractivity contribution is 5.51. The fraction of sp³-hybridized carbons (Fsp3) is 0.176. The van der Waals surface area contributed by atoms with Crippen molar-refractivity contribution in [1.29, 1.82) is 0 Å². The maximum absolute atomic E-state index is 8.19. The van der Waals surface area contributed by atoms with Gasteiger partial charge in [0, 0.05) is 11.5 Å². The van der Waals surface area contributed by atoms with Gasteiger partial charge in [-0.15, -0.1) is 0 Å². The third-order valence-corrected chi connectivity index (χ3v) is 2.88. The predicted molar refractivity (Wildman–Crippen MR) is 84.9 cm³/mol. The van der Waals surface area contributed by atoms with Crippen molar-refractivity contribution < 1.29 is 4.74 Å². The summed E-state index contributed by atoms with van der Waals surface area (Å²) in [5.41, 5.74) is 10.4. The molecule has 0 aliphatic carbocycles. The average molecular weight is 279 g/mol. The minimum atomic E-state index is 0.483. The monoisotopic (exact) mass is 279 g/mol. The number of rotatable bonds is 7. The normalized spacial score (nSPS) is 10.3. The van der Waals surface area contributed by atoms with E-state index in [0.29, 0.717) is 13.2 Å². The molecule has 106 valence electrons. The zero-order chi connectivity index (χ0) is 14.8. The average Bonchev–Trinajstić information content (AvgIpc) is 2.54. The summed E-state index contributed by atoms with van der Waals surface area (Å²) in [6.45, 7) is 1.04. The molecule has 2 rings (SSSR count). The van der Waals surface area contributed by atoms with Crippen LogP contribution in [0.25, 0.3) is 16.5 Å². The van der Waals surface area contributed by atoms with Crippen LogP contribution >= 0.6 is 0 Å². The van der Waals surface area contributed by atoms with Gasteiger partial charge >= 0.3 is 0 Å². The van der Waals surface area contributed by atoms with E-state index in [9.17, 15) is 0 Å². The zero-order valence-corrected chi connectivity index (χ0v) is 11.7. The summed E-state index contributed by atoms with van der Waals surface area (Å²) < 4.78 is 5.78. The maximum atomic E-state index is 8.19. The molecule has 0 bridgehead atoms. The summed E-state index contributed by atoms with van der Waals surface area (Å²) in [6.07, 6.45) is 4.73. The van der Waals surface area contributed by atoms with Gasteiger partial charge in [-0.25, -0.2) is 0 Å². The fourth-order valence-electron chi connectivity index (χ4n) is 1.85. The van der Waals surface area contributed by atoms with Crippen LogP contribution in [0, 0.1) is 0 Å². The van der Waals surface area contributed by atoms with Crippen LogP contribution < -0.4 is 4.74 Å². The highest BCUT2D eigenvalue weighted by Gasteiger charge is 1.96. The number of azide groups is 1. The second-order valence-corrected chi connectivity index (χ2v) is 4.49. The van der Waals surface area contributed by atoms with Crippen LogP contribution in [0.3, 0.4) is 0 Å². The molecule has 2 aromatic carbocycles. The van der Waals surface area contributed by atoms with Crippen molar-refractivity contribution >= 4 is 6.08 Å². The number of hydrogen-bond acceptors (Lipinski definition) is 2. The molecule has 0 aromatic heterocycles. The van der Waals surface area contributed by atoms with Crippen molar-refractivity contribution in [2.45, 2.75) is 13.0 Å². The lowest BCUT2D eigenvalue weighted by atomic mass is 10.2. The molecule has 0 N–H and O–H groups in total. The van der Waals surface area contributed by atoms with Crippen molar-refractivity contribution in [3.8, 4) is 5.75 Å². The molecule has 4 heteroatoms. The van der Waals surface area contributed by atoms with E-state index >= 15 is 0 Å². The number of nitrogens with zero attached hydrogens (tertiary/aromatic N) is 3. The van der Waals surface area contributed by atoms with Crippen LogP contribution in [0.2, 0.25) is 0 Å². The Hall–Kier alpha value is -2.71. The summed E-state index contributed by atoms with van der Waals surface area (Å²) >= 11 is 0. The molecule has 0 fully saturated rings. The molecule has 0 aliphatic rings. The molecule has 4 nitrogen and oxygen atoms in total. The lowest BCUT2D eigenvalue weighted by Crippen LogP contribution is -1.94. The van der Waals surface area contributed by atoms with E-state index in [1.165, 1.54) is 0 Å². The first-order chi connectivity index (χ1) is 10.4. The van der Waals surface area contributed by atoms with Gasteiger partial charge in [0.25, 0.3) is 0 Å². The van der Waals surface area contributed by atoms with Gasteiger partial charge in [0.2, 0.25) is 0 Å². The largest absolute Gasteiger partial charge is 0.489 e. The fourth-order valence-corrected chi connectivity index (χ4v) is 1.85. The van der Waals surface area contributed by atoms with Gasteiger partial charge in [0.05, 0.1) is 0 Å². The smallest absolute Gasteiger partial charge is 0.120 e. The van der Waals surface area contributed by atoms with Crippen LogP contribution in [0.15, 0.2) is 65.8 Å². The topological polar surface area (TPSA) is 58.0 Å². The molecule has 2 aromatic rings. The Morgan fingerprint density at radius 1 is 1.10 bits per heavy atom. The second kappa shape index (κ2) is 8.46. The third-order valence-electron chi connectivity index (χ3n) is 2.88. The molecule has 21 heavy (non-hydrogen) atoms. The Kier molecular flexibility index (Phi) is 5.92. The van der Waals surface area contributed by atoms with Crippen LogP contribution in [-0.4, -0.2) is 6.54 Å². The molecule has 0 spiro atoms. The van der Waals surface area contributed by atoms with Gasteiger partial charge in [-0.3, -0.25) is 0 Å². The number of benzene rings is 2. The number of ether oxygens (including phenoxy) is 1. The molecule has 0 radical (unpaired) electrons. The molecular weight excluding hydrogens is 262 g/mol. The summed E-state index contributed by atoms with van der Waals surface area (Å²) in [5.74, 6) is 0.844. The molecule has 0 aliphatic heterocycles. The van der Waals surface area contributed by atoms with E-state index in [0.717, 1.165) is 23.3 Å². The van der Waals surface area contributed by atoms with Gasteiger partial charge in [0.15, 0.2) is 0 Å². The van der Waals surface area contributed by atoms with E-state index < -0.39 is 0 Å². The first kappa shape index (κ1) is 14.7. The van der Waals surface area contributed by atoms with Crippen LogP contribution in [0.4, 0.5) is 0 Å². The highest BCUT2D eigenvalue weighted by atomic mass is 16.5. The van der Waals surface area contributed by atoms with Gasteiger partial charge < -0.3 is 4.74 Å². The second-order valence-electron chi connectivity index (χ2n) is 4.49. The Morgan fingerprint density at radius 3 is 2.76 bits per heavy atom. The van der Waals surface area contributed by atoms with E-state index in [-0.39, 0.29) is 0 Å². The van der Waals surface area contributed by atoms with Crippen LogP contribution in [-0.2, 0) is 6.61 Å². The summed E-state index contributed by atoms with van der Waals surface area (Å²) in [7, 11) is 0. The first-order valence-corrected chi connectivity index (χ1v) is 6.82. The minimum Gasteiger partial charge on any atom is -0.489 e. The standard InChI is InChI=1S/C17H17N3O/c18-20-19-12-5-4-7-15-10-6-11-17(13-15)21-14-16-8-2-1-3-9-16/h1-4,6-11,13H,5,12,14H2. The third kappa shape index (κ3) is 5.43. The van der Waals surface area contributed by atoms with Gasteiger partial charge in [0.1, 0.15) is 12.4 Å². The van der Waals surface area contributed by atoms with Gasteiger partial charge in [-0.2, -0.15) is 0 Å². The molecule has 0 saturated heterocycles. The van der Waals surface area contributed by atoms with E-state index in [4.69, 9.17) is 10.3 Å².